The van der Waals surface area contributed by atoms with Gasteiger partial charge in [0.25, 0.3) is 0 Å². The third-order valence-electron chi connectivity index (χ3n) is 5.37. The van der Waals surface area contributed by atoms with Gasteiger partial charge in [-0.1, -0.05) is 30.3 Å². The monoisotopic (exact) mass is 406 g/mol. The molecule has 1 amide bonds. The molecule has 5 nitrogen and oxygen atoms in total. The Hall–Kier alpha value is -2.73. The van der Waals surface area contributed by atoms with E-state index in [1.807, 2.05) is 29.3 Å². The van der Waals surface area contributed by atoms with E-state index in [0.717, 1.165) is 54.6 Å². The molecule has 150 valence electrons. The number of carbonyl (C=O) groups is 1. The van der Waals surface area contributed by atoms with Crippen molar-refractivity contribution < 1.29 is 4.79 Å². The van der Waals surface area contributed by atoms with E-state index in [9.17, 15) is 4.79 Å². The van der Waals surface area contributed by atoms with Crippen molar-refractivity contribution in [2.45, 2.75) is 32.6 Å². The summed E-state index contributed by atoms with van der Waals surface area (Å²) in [4.78, 5) is 23.6. The lowest BCUT2D eigenvalue weighted by atomic mass is 9.90. The highest BCUT2D eigenvalue weighted by molar-refractivity contribution is 7.13. The average molecular weight is 407 g/mol. The van der Waals surface area contributed by atoms with Gasteiger partial charge in [0, 0.05) is 24.7 Å². The van der Waals surface area contributed by atoms with E-state index in [0.29, 0.717) is 12.3 Å². The summed E-state index contributed by atoms with van der Waals surface area (Å²) in [5, 5.41) is 5.95. The molecule has 0 spiro atoms. The van der Waals surface area contributed by atoms with Crippen LogP contribution in [0.2, 0.25) is 0 Å². The van der Waals surface area contributed by atoms with E-state index >= 15 is 0 Å². The number of piperidine rings is 1. The van der Waals surface area contributed by atoms with Crippen LogP contribution in [0, 0.1) is 12.8 Å². The normalized spacial score (nSPS) is 14.7. The molecular weight excluding hydrogens is 380 g/mol. The maximum Gasteiger partial charge on any atom is 0.228 e. The number of hydrogen-bond acceptors (Lipinski definition) is 5. The Kier molecular flexibility index (Phi) is 6.20. The lowest BCUT2D eigenvalue weighted by molar-refractivity contribution is -0.131. The molecule has 6 heteroatoms. The van der Waals surface area contributed by atoms with Crippen LogP contribution in [0.15, 0.2) is 54.0 Å². The molecular formula is C23H26N4OS. The van der Waals surface area contributed by atoms with E-state index in [1.165, 1.54) is 16.9 Å². The average Bonchev–Trinajstić information content (AvgIpc) is 3.16. The SMILES string of the molecule is Cc1ccnc(Nc2nc(CC(=O)N3CCC(Cc4ccccc4)CC3)cs2)c1. The standard InChI is InChI=1S/C23H26N4OS/c1-17-7-10-24-21(13-17)26-23-25-20(16-29-23)15-22(28)27-11-8-19(9-12-27)14-18-5-3-2-4-6-18/h2-7,10,13,16,19H,8-9,11-12,14-15H2,1H3,(H,24,25,26). The fourth-order valence-electron chi connectivity index (χ4n) is 3.76. The van der Waals surface area contributed by atoms with Crippen molar-refractivity contribution in [3.05, 3.63) is 70.9 Å². The van der Waals surface area contributed by atoms with Gasteiger partial charge < -0.3 is 10.2 Å². The Bertz CT molecular complexity index is 948. The number of benzene rings is 1. The number of aromatic nitrogens is 2. The number of likely N-dealkylation sites (tertiary alicyclic amines) is 1. The number of carbonyl (C=O) groups excluding carboxylic acids is 1. The van der Waals surface area contributed by atoms with E-state index in [4.69, 9.17) is 0 Å². The second-order valence-corrected chi connectivity index (χ2v) is 8.54. The third-order valence-corrected chi connectivity index (χ3v) is 6.18. The summed E-state index contributed by atoms with van der Waals surface area (Å²) < 4.78 is 0. The second kappa shape index (κ2) is 9.18. The molecule has 2 aromatic heterocycles. The van der Waals surface area contributed by atoms with Gasteiger partial charge in [0.05, 0.1) is 12.1 Å². The summed E-state index contributed by atoms with van der Waals surface area (Å²) >= 11 is 1.51. The summed E-state index contributed by atoms with van der Waals surface area (Å²) in [5.41, 5.74) is 3.36. The Labute approximate surface area is 175 Å². The quantitative estimate of drug-likeness (QED) is 0.649. The van der Waals surface area contributed by atoms with Gasteiger partial charge in [-0.05, 0) is 55.4 Å². The highest BCUT2D eigenvalue weighted by Crippen LogP contribution is 2.24. The first-order valence-electron chi connectivity index (χ1n) is 10.1. The highest BCUT2D eigenvalue weighted by atomic mass is 32.1. The molecule has 1 aliphatic heterocycles. The minimum atomic E-state index is 0.175. The van der Waals surface area contributed by atoms with Crippen LogP contribution in [-0.2, 0) is 17.6 Å². The van der Waals surface area contributed by atoms with Crippen LogP contribution in [-0.4, -0.2) is 33.9 Å². The molecule has 1 saturated heterocycles. The van der Waals surface area contributed by atoms with E-state index in [-0.39, 0.29) is 5.91 Å². The fourth-order valence-corrected chi connectivity index (χ4v) is 4.48. The van der Waals surface area contributed by atoms with Crippen molar-refractivity contribution in [1.82, 2.24) is 14.9 Å². The molecule has 1 N–H and O–H groups in total. The van der Waals surface area contributed by atoms with Crippen LogP contribution in [0.4, 0.5) is 10.9 Å². The molecule has 1 fully saturated rings. The lowest BCUT2D eigenvalue weighted by Gasteiger charge is -2.32. The molecule has 0 atom stereocenters. The maximum absolute atomic E-state index is 12.7. The molecule has 29 heavy (non-hydrogen) atoms. The maximum atomic E-state index is 12.7. The first-order valence-corrected chi connectivity index (χ1v) is 11.0. The molecule has 1 aromatic carbocycles. The number of nitrogens with zero attached hydrogens (tertiary/aromatic N) is 3. The second-order valence-electron chi connectivity index (χ2n) is 7.68. The number of aryl methyl sites for hydroxylation is 1. The van der Waals surface area contributed by atoms with Gasteiger partial charge in [-0.15, -0.1) is 11.3 Å². The number of hydrogen-bond donors (Lipinski definition) is 1. The molecule has 0 saturated carbocycles. The van der Waals surface area contributed by atoms with Gasteiger partial charge in [0.1, 0.15) is 5.82 Å². The molecule has 0 bridgehead atoms. The van der Waals surface area contributed by atoms with Crippen molar-refractivity contribution in [1.29, 1.82) is 0 Å². The summed E-state index contributed by atoms with van der Waals surface area (Å²) in [6.07, 6.45) is 5.39. The number of pyridine rings is 1. The van der Waals surface area contributed by atoms with Crippen molar-refractivity contribution in [2.24, 2.45) is 5.92 Å². The van der Waals surface area contributed by atoms with Crippen LogP contribution >= 0.6 is 11.3 Å². The number of rotatable bonds is 6. The number of thiazole rings is 1. The summed E-state index contributed by atoms with van der Waals surface area (Å²) in [6.45, 7) is 3.72. The largest absolute Gasteiger partial charge is 0.342 e. The Balaban J connectivity index is 1.26. The smallest absolute Gasteiger partial charge is 0.228 e. The van der Waals surface area contributed by atoms with Crippen LogP contribution in [0.3, 0.4) is 0 Å². The topological polar surface area (TPSA) is 58.1 Å². The van der Waals surface area contributed by atoms with E-state index in [1.54, 1.807) is 6.20 Å². The zero-order valence-electron chi connectivity index (χ0n) is 16.7. The van der Waals surface area contributed by atoms with Gasteiger partial charge in [-0.25, -0.2) is 9.97 Å². The first-order chi connectivity index (χ1) is 14.2. The Morgan fingerprint density at radius 2 is 2.00 bits per heavy atom. The molecule has 0 aliphatic carbocycles. The number of anilines is 2. The van der Waals surface area contributed by atoms with E-state index in [2.05, 4.69) is 45.6 Å². The summed E-state index contributed by atoms with van der Waals surface area (Å²) in [6, 6.07) is 14.6. The van der Waals surface area contributed by atoms with Gasteiger partial charge in [0.15, 0.2) is 5.13 Å². The number of nitrogens with one attached hydrogen (secondary N) is 1. The molecule has 0 unspecified atom stereocenters. The summed E-state index contributed by atoms with van der Waals surface area (Å²) in [7, 11) is 0. The zero-order chi connectivity index (χ0) is 20.1. The van der Waals surface area contributed by atoms with Crippen molar-refractivity contribution >= 4 is 28.2 Å². The van der Waals surface area contributed by atoms with Gasteiger partial charge >= 0.3 is 0 Å². The minimum Gasteiger partial charge on any atom is -0.342 e. The highest BCUT2D eigenvalue weighted by Gasteiger charge is 2.23. The van der Waals surface area contributed by atoms with Gasteiger partial charge in [-0.2, -0.15) is 0 Å². The first kappa shape index (κ1) is 19.6. The van der Waals surface area contributed by atoms with Crippen LogP contribution in [0.5, 0.6) is 0 Å². The third kappa shape index (κ3) is 5.41. The molecule has 0 radical (unpaired) electrons. The summed E-state index contributed by atoms with van der Waals surface area (Å²) in [5.74, 6) is 1.62. The van der Waals surface area contributed by atoms with Gasteiger partial charge in [0.2, 0.25) is 5.91 Å². The molecule has 4 rings (SSSR count). The predicted octanol–water partition coefficient (Wildman–Crippen LogP) is 4.61. The lowest BCUT2D eigenvalue weighted by Crippen LogP contribution is -2.39. The fraction of sp³-hybridized carbons (Fsp3) is 0.348. The Morgan fingerprint density at radius 1 is 1.21 bits per heavy atom. The molecule has 3 heterocycles. The Morgan fingerprint density at radius 3 is 2.76 bits per heavy atom. The van der Waals surface area contributed by atoms with E-state index < -0.39 is 0 Å². The predicted molar refractivity (Wildman–Crippen MR) is 118 cm³/mol. The van der Waals surface area contributed by atoms with Crippen LogP contribution < -0.4 is 5.32 Å². The number of amides is 1. The minimum absolute atomic E-state index is 0.175. The van der Waals surface area contributed by atoms with Crippen molar-refractivity contribution in [3.8, 4) is 0 Å². The van der Waals surface area contributed by atoms with Crippen LogP contribution in [0.1, 0.15) is 29.7 Å². The van der Waals surface area contributed by atoms with Gasteiger partial charge in [-0.3, -0.25) is 4.79 Å². The van der Waals surface area contributed by atoms with Crippen molar-refractivity contribution in [2.75, 3.05) is 18.4 Å². The molecule has 3 aromatic rings. The van der Waals surface area contributed by atoms with Crippen LogP contribution in [0.25, 0.3) is 0 Å². The zero-order valence-corrected chi connectivity index (χ0v) is 17.5. The molecule has 1 aliphatic rings. The van der Waals surface area contributed by atoms with Crippen molar-refractivity contribution in [3.63, 3.8) is 0 Å².